The van der Waals surface area contributed by atoms with Gasteiger partial charge in [0.25, 0.3) is 0 Å². The molecule has 0 saturated heterocycles. The van der Waals surface area contributed by atoms with E-state index < -0.39 is 0 Å². The van der Waals surface area contributed by atoms with Gasteiger partial charge in [0.05, 0.1) is 0 Å². The fraction of sp³-hybridized carbons (Fsp3) is 0.611. The first-order valence-electron chi connectivity index (χ1n) is 8.07. The average molecular weight is 269 g/mol. The molecule has 1 N–H and O–H groups in total. The van der Waals surface area contributed by atoms with Crippen molar-refractivity contribution in [1.29, 1.82) is 0 Å². The summed E-state index contributed by atoms with van der Waals surface area (Å²) in [5, 5.41) is 3.20. The highest BCUT2D eigenvalue weighted by atomic mass is 16.1. The van der Waals surface area contributed by atoms with E-state index in [4.69, 9.17) is 0 Å². The Morgan fingerprint density at radius 3 is 2.20 bits per heavy atom. The molecule has 1 amide bonds. The zero-order valence-electron chi connectivity index (χ0n) is 12.1. The largest absolute Gasteiger partial charge is 0.326 e. The van der Waals surface area contributed by atoms with Gasteiger partial charge in [0.2, 0.25) is 5.91 Å². The molecule has 0 aromatic heterocycles. The Labute approximate surface area is 121 Å². The van der Waals surface area contributed by atoms with Crippen LogP contribution in [0.4, 0.5) is 5.69 Å². The van der Waals surface area contributed by atoms with E-state index in [1.165, 1.54) is 32.1 Å². The molecule has 0 unspecified atom stereocenters. The predicted octanol–water partition coefficient (Wildman–Crippen LogP) is 4.01. The van der Waals surface area contributed by atoms with Crippen LogP contribution < -0.4 is 5.32 Å². The Balaban J connectivity index is 1.53. The van der Waals surface area contributed by atoms with Crippen LogP contribution in [0.2, 0.25) is 0 Å². The third kappa shape index (κ3) is 1.97. The molecule has 20 heavy (non-hydrogen) atoms. The van der Waals surface area contributed by atoms with Crippen LogP contribution in [-0.2, 0) is 4.79 Å². The van der Waals surface area contributed by atoms with Crippen LogP contribution in [0.15, 0.2) is 24.3 Å². The molecule has 4 aliphatic carbocycles. The fourth-order valence-electron chi connectivity index (χ4n) is 5.28. The van der Waals surface area contributed by atoms with Gasteiger partial charge < -0.3 is 5.32 Å². The maximum absolute atomic E-state index is 12.7. The maximum atomic E-state index is 12.7. The molecular weight excluding hydrogens is 246 g/mol. The molecule has 4 aliphatic rings. The number of para-hydroxylation sites is 1. The van der Waals surface area contributed by atoms with Gasteiger partial charge in [-0.05, 0) is 74.3 Å². The first kappa shape index (κ1) is 12.4. The Hall–Kier alpha value is -1.31. The molecule has 4 fully saturated rings. The van der Waals surface area contributed by atoms with Crippen molar-refractivity contribution in [3.8, 4) is 0 Å². The highest BCUT2D eigenvalue weighted by Gasteiger charge is 2.50. The van der Waals surface area contributed by atoms with E-state index in [9.17, 15) is 4.79 Å². The summed E-state index contributed by atoms with van der Waals surface area (Å²) in [6, 6.07) is 8.10. The Morgan fingerprint density at radius 1 is 1.00 bits per heavy atom. The molecule has 0 atom stereocenters. The lowest BCUT2D eigenvalue weighted by molar-refractivity contribution is -0.132. The van der Waals surface area contributed by atoms with E-state index in [1.807, 2.05) is 18.2 Å². The molecule has 0 heterocycles. The van der Waals surface area contributed by atoms with Gasteiger partial charge in [-0.3, -0.25) is 4.79 Å². The van der Waals surface area contributed by atoms with Crippen molar-refractivity contribution in [2.75, 3.05) is 5.32 Å². The van der Waals surface area contributed by atoms with Gasteiger partial charge in [-0.2, -0.15) is 0 Å². The summed E-state index contributed by atoms with van der Waals surface area (Å²) in [7, 11) is 0. The van der Waals surface area contributed by atoms with Gasteiger partial charge in [-0.15, -0.1) is 0 Å². The minimum absolute atomic E-state index is 0.280. The summed E-state index contributed by atoms with van der Waals surface area (Å²) >= 11 is 0. The van der Waals surface area contributed by atoms with Crippen molar-refractivity contribution >= 4 is 11.6 Å². The Bertz CT molecular complexity index is 508. The van der Waals surface area contributed by atoms with Crippen LogP contribution in [0, 0.1) is 36.5 Å². The zero-order chi connectivity index (χ0) is 13.7. The summed E-state index contributed by atoms with van der Waals surface area (Å²) in [5.74, 6) is 3.75. The van der Waals surface area contributed by atoms with Crippen molar-refractivity contribution in [3.63, 3.8) is 0 Å². The summed E-state index contributed by atoms with van der Waals surface area (Å²) < 4.78 is 0. The molecule has 2 heteroatoms. The Kier molecular flexibility index (Phi) is 2.87. The number of anilines is 1. The second-order valence-corrected chi connectivity index (χ2v) is 7.26. The van der Waals surface area contributed by atoms with Crippen molar-refractivity contribution in [2.24, 2.45) is 29.6 Å². The van der Waals surface area contributed by atoms with Gasteiger partial charge in [0.15, 0.2) is 0 Å². The van der Waals surface area contributed by atoms with E-state index in [0.29, 0.717) is 11.8 Å². The van der Waals surface area contributed by atoms with Crippen LogP contribution >= 0.6 is 0 Å². The summed E-state index contributed by atoms with van der Waals surface area (Å²) in [4.78, 5) is 12.7. The number of amides is 1. The smallest absolute Gasteiger partial charge is 0.228 e. The van der Waals surface area contributed by atoms with Gasteiger partial charge in [0.1, 0.15) is 0 Å². The number of nitrogens with one attached hydrogen (secondary N) is 1. The predicted molar refractivity (Wildman–Crippen MR) is 80.3 cm³/mol. The Morgan fingerprint density at radius 2 is 1.60 bits per heavy atom. The minimum Gasteiger partial charge on any atom is -0.326 e. The van der Waals surface area contributed by atoms with Gasteiger partial charge in [0, 0.05) is 11.6 Å². The normalized spacial score (nSPS) is 38.0. The van der Waals surface area contributed by atoms with Gasteiger partial charge in [-0.1, -0.05) is 18.2 Å². The highest BCUT2D eigenvalue weighted by Crippen LogP contribution is 2.56. The maximum Gasteiger partial charge on any atom is 0.228 e. The van der Waals surface area contributed by atoms with Crippen molar-refractivity contribution in [3.05, 3.63) is 29.8 Å². The van der Waals surface area contributed by atoms with Crippen molar-refractivity contribution in [2.45, 2.75) is 39.0 Å². The molecule has 0 spiro atoms. The third-order valence-electron chi connectivity index (χ3n) is 5.93. The van der Waals surface area contributed by atoms with Crippen LogP contribution in [0.1, 0.15) is 37.7 Å². The first-order chi connectivity index (χ1) is 9.70. The van der Waals surface area contributed by atoms with E-state index in [2.05, 4.69) is 18.3 Å². The SMILES string of the molecule is Cc1ccccc1NC(=O)C1C2CC3CC(C2)CC1C3. The summed E-state index contributed by atoms with van der Waals surface area (Å²) in [6.07, 6.45) is 6.66. The van der Waals surface area contributed by atoms with Gasteiger partial charge in [-0.25, -0.2) is 0 Å². The summed E-state index contributed by atoms with van der Waals surface area (Å²) in [6.45, 7) is 2.06. The number of rotatable bonds is 2. The van der Waals surface area contributed by atoms with E-state index >= 15 is 0 Å². The minimum atomic E-state index is 0.280. The quantitative estimate of drug-likeness (QED) is 0.863. The van der Waals surface area contributed by atoms with E-state index in [-0.39, 0.29) is 11.8 Å². The third-order valence-corrected chi connectivity index (χ3v) is 5.93. The molecule has 4 saturated carbocycles. The number of aryl methyl sites for hydroxylation is 1. The van der Waals surface area contributed by atoms with Crippen LogP contribution in [-0.4, -0.2) is 5.91 Å². The summed E-state index contributed by atoms with van der Waals surface area (Å²) in [5.41, 5.74) is 2.15. The molecular formula is C18H23NO. The molecule has 106 valence electrons. The second-order valence-electron chi connectivity index (χ2n) is 7.26. The molecule has 1 aromatic rings. The second kappa shape index (κ2) is 4.61. The number of benzene rings is 1. The van der Waals surface area contributed by atoms with Crippen molar-refractivity contribution < 1.29 is 4.79 Å². The van der Waals surface area contributed by atoms with Crippen LogP contribution in [0.25, 0.3) is 0 Å². The monoisotopic (exact) mass is 269 g/mol. The van der Waals surface area contributed by atoms with Crippen LogP contribution in [0.5, 0.6) is 0 Å². The number of hydrogen-bond donors (Lipinski definition) is 1. The van der Waals surface area contributed by atoms with Gasteiger partial charge >= 0.3 is 0 Å². The standard InChI is InChI=1S/C18H23NO/c1-11-4-2-3-5-16(11)19-18(20)17-14-7-12-6-13(9-14)10-15(17)8-12/h2-5,12-15,17H,6-10H2,1H3,(H,19,20). The first-order valence-corrected chi connectivity index (χ1v) is 8.07. The topological polar surface area (TPSA) is 29.1 Å². The molecule has 2 nitrogen and oxygen atoms in total. The molecule has 4 bridgehead atoms. The van der Waals surface area contributed by atoms with E-state index in [0.717, 1.165) is 23.1 Å². The molecule has 1 aromatic carbocycles. The lowest BCUT2D eigenvalue weighted by Gasteiger charge is -2.53. The van der Waals surface area contributed by atoms with Crippen molar-refractivity contribution in [1.82, 2.24) is 0 Å². The molecule has 5 rings (SSSR count). The lowest BCUT2D eigenvalue weighted by Crippen LogP contribution is -2.49. The zero-order valence-corrected chi connectivity index (χ0v) is 12.1. The highest BCUT2D eigenvalue weighted by molar-refractivity contribution is 5.93. The number of carbonyl (C=O) groups excluding carboxylic acids is 1. The number of carbonyl (C=O) groups is 1. The molecule has 0 radical (unpaired) electrons. The fourth-order valence-corrected chi connectivity index (χ4v) is 5.28. The number of hydrogen-bond acceptors (Lipinski definition) is 1. The average Bonchev–Trinajstić information content (AvgIpc) is 2.40. The molecule has 0 aliphatic heterocycles. The van der Waals surface area contributed by atoms with Crippen LogP contribution in [0.3, 0.4) is 0 Å². The van der Waals surface area contributed by atoms with E-state index in [1.54, 1.807) is 0 Å². The lowest BCUT2D eigenvalue weighted by atomic mass is 9.51.